The van der Waals surface area contributed by atoms with Gasteiger partial charge in [0.05, 0.1) is 24.5 Å². The highest BCUT2D eigenvalue weighted by Crippen LogP contribution is 2.32. The number of hydrogen-bond acceptors (Lipinski definition) is 3. The zero-order valence-corrected chi connectivity index (χ0v) is 8.66. The predicted octanol–water partition coefficient (Wildman–Crippen LogP) is 0.746. The molecule has 1 aliphatic heterocycles. The van der Waals surface area contributed by atoms with Crippen LogP contribution < -0.4 is 10.2 Å². The summed E-state index contributed by atoms with van der Waals surface area (Å²) < 4.78 is 0. The predicted molar refractivity (Wildman–Crippen MR) is 59.1 cm³/mol. The van der Waals surface area contributed by atoms with Gasteiger partial charge in [0, 0.05) is 6.54 Å². The number of aliphatic hydroxyl groups is 1. The topological polar surface area (TPSA) is 52.6 Å². The molecular weight excluding hydrogens is 192 g/mol. The minimum atomic E-state index is -0.0263. The van der Waals surface area contributed by atoms with E-state index in [1.807, 2.05) is 30.0 Å². The van der Waals surface area contributed by atoms with Crippen molar-refractivity contribution in [1.29, 1.82) is 0 Å². The van der Waals surface area contributed by atoms with Crippen molar-refractivity contribution in [3.63, 3.8) is 0 Å². The summed E-state index contributed by atoms with van der Waals surface area (Å²) >= 11 is 0. The Kier molecular flexibility index (Phi) is 2.60. The molecule has 0 bridgehead atoms. The van der Waals surface area contributed by atoms with Crippen LogP contribution in [0.1, 0.15) is 5.56 Å². The summed E-state index contributed by atoms with van der Waals surface area (Å²) in [7, 11) is 0. The number of fused-ring (bicyclic) bond motifs is 1. The molecule has 0 atom stereocenters. The number of nitrogens with zero attached hydrogens (tertiary/aromatic N) is 1. The molecule has 2 N–H and O–H groups in total. The lowest BCUT2D eigenvalue weighted by molar-refractivity contribution is -0.115. The maximum Gasteiger partial charge on any atom is 0.243 e. The number of aliphatic hydroxyl groups excluding tert-OH is 1. The number of carbonyl (C=O) groups is 1. The summed E-state index contributed by atoms with van der Waals surface area (Å²) in [6, 6.07) is 5.79. The summed E-state index contributed by atoms with van der Waals surface area (Å²) in [4.78, 5) is 13.3. The normalized spacial score (nSPS) is 14.8. The van der Waals surface area contributed by atoms with Gasteiger partial charge in [-0.15, -0.1) is 0 Å². The van der Waals surface area contributed by atoms with Crippen LogP contribution in [0.2, 0.25) is 0 Å². The Bertz CT molecular complexity index is 390. The average Bonchev–Trinajstić information content (AvgIpc) is 2.17. The van der Waals surface area contributed by atoms with Crippen molar-refractivity contribution in [3.05, 3.63) is 23.8 Å². The second-order valence-corrected chi connectivity index (χ2v) is 3.66. The summed E-state index contributed by atoms with van der Waals surface area (Å²) in [6.45, 7) is 2.87. The van der Waals surface area contributed by atoms with Crippen molar-refractivity contribution in [2.75, 3.05) is 29.9 Å². The number of anilines is 2. The van der Waals surface area contributed by atoms with Crippen molar-refractivity contribution >= 4 is 17.3 Å². The Morgan fingerprint density at radius 1 is 1.53 bits per heavy atom. The van der Waals surface area contributed by atoms with Crippen LogP contribution >= 0.6 is 0 Å². The van der Waals surface area contributed by atoms with Gasteiger partial charge in [-0.2, -0.15) is 0 Å². The van der Waals surface area contributed by atoms with Gasteiger partial charge in [-0.25, -0.2) is 0 Å². The molecule has 0 spiro atoms. The number of benzene rings is 1. The molecule has 0 fully saturated rings. The van der Waals surface area contributed by atoms with Gasteiger partial charge in [0.25, 0.3) is 0 Å². The van der Waals surface area contributed by atoms with E-state index in [9.17, 15) is 4.79 Å². The van der Waals surface area contributed by atoms with Crippen LogP contribution in [0, 0.1) is 6.92 Å². The van der Waals surface area contributed by atoms with E-state index in [1.165, 1.54) is 0 Å². The molecule has 1 aromatic carbocycles. The summed E-state index contributed by atoms with van der Waals surface area (Å²) in [6.07, 6.45) is 0. The van der Waals surface area contributed by atoms with Crippen LogP contribution in [0.5, 0.6) is 0 Å². The standard InChI is InChI=1S/C11H14N2O2/c1-8-3-2-4-9-11(8)13(5-6-14)7-10(15)12-9/h2-4,14H,5-7H2,1H3,(H,12,15). The smallest absolute Gasteiger partial charge is 0.243 e. The first kappa shape index (κ1) is 9.98. The Morgan fingerprint density at radius 2 is 2.33 bits per heavy atom. The number of para-hydroxylation sites is 1. The third-order valence-electron chi connectivity index (χ3n) is 2.53. The van der Waals surface area contributed by atoms with Crippen LogP contribution in [-0.4, -0.2) is 30.7 Å². The monoisotopic (exact) mass is 206 g/mol. The molecular formula is C11H14N2O2. The van der Waals surface area contributed by atoms with Gasteiger partial charge in [-0.3, -0.25) is 4.79 Å². The van der Waals surface area contributed by atoms with E-state index >= 15 is 0 Å². The van der Waals surface area contributed by atoms with Crippen molar-refractivity contribution in [1.82, 2.24) is 0 Å². The lowest BCUT2D eigenvalue weighted by atomic mass is 10.1. The number of rotatable bonds is 2. The van der Waals surface area contributed by atoms with Gasteiger partial charge < -0.3 is 15.3 Å². The minimum Gasteiger partial charge on any atom is -0.395 e. The van der Waals surface area contributed by atoms with Crippen LogP contribution in [0.15, 0.2) is 18.2 Å². The Hall–Kier alpha value is -1.55. The van der Waals surface area contributed by atoms with Gasteiger partial charge in [0.1, 0.15) is 0 Å². The van der Waals surface area contributed by atoms with Crippen molar-refractivity contribution in [2.45, 2.75) is 6.92 Å². The SMILES string of the molecule is Cc1cccc2c1N(CCO)CC(=O)N2. The maximum atomic E-state index is 11.4. The molecule has 0 radical (unpaired) electrons. The molecule has 0 saturated carbocycles. The lowest BCUT2D eigenvalue weighted by Crippen LogP contribution is -2.40. The third-order valence-corrected chi connectivity index (χ3v) is 2.53. The highest BCUT2D eigenvalue weighted by atomic mass is 16.3. The first-order valence-corrected chi connectivity index (χ1v) is 4.97. The number of hydrogen-bond donors (Lipinski definition) is 2. The molecule has 1 amide bonds. The first-order valence-electron chi connectivity index (χ1n) is 4.97. The van der Waals surface area contributed by atoms with Crippen LogP contribution in [-0.2, 0) is 4.79 Å². The van der Waals surface area contributed by atoms with Crippen LogP contribution in [0.25, 0.3) is 0 Å². The van der Waals surface area contributed by atoms with E-state index in [4.69, 9.17) is 5.11 Å². The fourth-order valence-corrected chi connectivity index (χ4v) is 1.93. The zero-order chi connectivity index (χ0) is 10.8. The third kappa shape index (κ3) is 1.80. The van der Waals surface area contributed by atoms with E-state index in [-0.39, 0.29) is 12.5 Å². The molecule has 2 rings (SSSR count). The molecule has 15 heavy (non-hydrogen) atoms. The van der Waals surface area contributed by atoms with Gasteiger partial charge in [0.15, 0.2) is 0 Å². The van der Waals surface area contributed by atoms with Crippen molar-refractivity contribution in [3.8, 4) is 0 Å². The van der Waals surface area contributed by atoms with Gasteiger partial charge >= 0.3 is 0 Å². The number of aryl methyl sites for hydroxylation is 1. The minimum absolute atomic E-state index is 0.0263. The quantitative estimate of drug-likeness (QED) is 0.750. The molecule has 1 heterocycles. The number of carbonyl (C=O) groups excluding carboxylic acids is 1. The maximum absolute atomic E-state index is 11.4. The van der Waals surface area contributed by atoms with E-state index in [0.717, 1.165) is 16.9 Å². The molecule has 4 nitrogen and oxygen atoms in total. The fraction of sp³-hybridized carbons (Fsp3) is 0.364. The highest BCUT2D eigenvalue weighted by Gasteiger charge is 2.22. The number of amides is 1. The van der Waals surface area contributed by atoms with Gasteiger partial charge in [0.2, 0.25) is 5.91 Å². The van der Waals surface area contributed by atoms with E-state index in [2.05, 4.69) is 5.32 Å². The van der Waals surface area contributed by atoms with Gasteiger partial charge in [-0.05, 0) is 18.6 Å². The van der Waals surface area contributed by atoms with E-state index in [1.54, 1.807) is 0 Å². The summed E-state index contributed by atoms with van der Waals surface area (Å²) in [5.41, 5.74) is 2.96. The second kappa shape index (κ2) is 3.90. The Labute approximate surface area is 88.5 Å². The molecule has 0 aliphatic carbocycles. The van der Waals surface area contributed by atoms with Crippen molar-refractivity contribution < 1.29 is 9.90 Å². The Morgan fingerprint density at radius 3 is 3.07 bits per heavy atom. The molecule has 4 heteroatoms. The van der Waals surface area contributed by atoms with E-state index < -0.39 is 0 Å². The van der Waals surface area contributed by atoms with Crippen LogP contribution in [0.3, 0.4) is 0 Å². The number of nitrogens with one attached hydrogen (secondary N) is 1. The zero-order valence-electron chi connectivity index (χ0n) is 8.66. The molecule has 1 aromatic rings. The largest absolute Gasteiger partial charge is 0.395 e. The summed E-state index contributed by atoms with van der Waals surface area (Å²) in [5.74, 6) is -0.0263. The first-order chi connectivity index (χ1) is 7.22. The Balaban J connectivity index is 2.42. The number of β-amino-alcohol motifs (C(OH)–C–C–N with tert-alkyl or cyclic N) is 1. The van der Waals surface area contributed by atoms with Crippen LogP contribution in [0.4, 0.5) is 11.4 Å². The molecule has 0 saturated heterocycles. The lowest BCUT2D eigenvalue weighted by Gasteiger charge is -2.31. The van der Waals surface area contributed by atoms with E-state index in [0.29, 0.717) is 13.1 Å². The fourth-order valence-electron chi connectivity index (χ4n) is 1.93. The molecule has 1 aliphatic rings. The molecule has 80 valence electrons. The summed E-state index contributed by atoms with van der Waals surface area (Å²) in [5, 5.41) is 11.8. The second-order valence-electron chi connectivity index (χ2n) is 3.66. The van der Waals surface area contributed by atoms with Gasteiger partial charge in [-0.1, -0.05) is 12.1 Å². The van der Waals surface area contributed by atoms with Crippen molar-refractivity contribution in [2.24, 2.45) is 0 Å². The molecule has 0 unspecified atom stereocenters. The molecule has 0 aromatic heterocycles. The average molecular weight is 206 g/mol. The highest BCUT2D eigenvalue weighted by molar-refractivity contribution is 6.01.